The van der Waals surface area contributed by atoms with Crippen molar-refractivity contribution in [3.63, 3.8) is 0 Å². The lowest BCUT2D eigenvalue weighted by Gasteiger charge is -2.37. The molecule has 0 aliphatic heterocycles. The lowest BCUT2D eigenvalue weighted by atomic mass is 9.69. The second-order valence-electron chi connectivity index (χ2n) is 5.46. The zero-order valence-corrected chi connectivity index (χ0v) is 10.5. The van der Waals surface area contributed by atoms with Gasteiger partial charge in [0.05, 0.1) is 0 Å². The average molecular weight is 211 g/mol. The van der Waals surface area contributed by atoms with Gasteiger partial charge in [0, 0.05) is 13.5 Å². The van der Waals surface area contributed by atoms with E-state index in [4.69, 9.17) is 0 Å². The number of carbonyl (C=O) groups excluding carboxylic acids is 1. The second-order valence-corrected chi connectivity index (χ2v) is 5.46. The molecule has 1 saturated carbocycles. The molecule has 3 atom stereocenters. The Bertz CT molecular complexity index is 213. The van der Waals surface area contributed by atoms with Gasteiger partial charge >= 0.3 is 0 Å². The second kappa shape index (κ2) is 5.53. The Kier molecular flexibility index (Phi) is 4.62. The molecule has 0 saturated heterocycles. The van der Waals surface area contributed by atoms with E-state index in [1.807, 2.05) is 0 Å². The number of rotatable bonds is 3. The van der Waals surface area contributed by atoms with Crippen LogP contribution in [0.4, 0.5) is 0 Å². The van der Waals surface area contributed by atoms with Crippen LogP contribution in [0.5, 0.6) is 0 Å². The molecule has 88 valence electrons. The van der Waals surface area contributed by atoms with Gasteiger partial charge in [-0.1, -0.05) is 27.2 Å². The predicted octanol–water partition coefficient (Wildman–Crippen LogP) is 2.83. The summed E-state index contributed by atoms with van der Waals surface area (Å²) < 4.78 is 0. The van der Waals surface area contributed by atoms with E-state index < -0.39 is 0 Å². The van der Waals surface area contributed by atoms with Crippen molar-refractivity contribution < 1.29 is 4.79 Å². The summed E-state index contributed by atoms with van der Waals surface area (Å²) in [7, 11) is 1.74. The van der Waals surface area contributed by atoms with Crippen molar-refractivity contribution in [1.29, 1.82) is 0 Å². The molecule has 0 aromatic heterocycles. The molecule has 1 N–H and O–H groups in total. The van der Waals surface area contributed by atoms with Crippen molar-refractivity contribution in [3.05, 3.63) is 0 Å². The molecule has 0 heterocycles. The molecular weight excluding hydrogens is 186 g/mol. The smallest absolute Gasteiger partial charge is 0.220 e. The van der Waals surface area contributed by atoms with E-state index in [0.29, 0.717) is 11.8 Å². The number of nitrogens with one attached hydrogen (secondary N) is 1. The van der Waals surface area contributed by atoms with E-state index in [1.165, 1.54) is 19.3 Å². The van der Waals surface area contributed by atoms with Gasteiger partial charge in [0.25, 0.3) is 0 Å². The standard InChI is InChI=1S/C13H25NO/c1-9(2)12-6-5-10(3)7-11(12)8-13(15)14-4/h9-12H,5-8H2,1-4H3,(H,14,15). The van der Waals surface area contributed by atoms with Crippen LogP contribution in [0.1, 0.15) is 46.5 Å². The Morgan fingerprint density at radius 2 is 2.07 bits per heavy atom. The molecule has 0 aromatic rings. The van der Waals surface area contributed by atoms with Crippen LogP contribution < -0.4 is 5.32 Å². The van der Waals surface area contributed by atoms with Gasteiger partial charge in [0.2, 0.25) is 5.91 Å². The van der Waals surface area contributed by atoms with Crippen LogP contribution in [0.2, 0.25) is 0 Å². The van der Waals surface area contributed by atoms with E-state index >= 15 is 0 Å². The average Bonchev–Trinajstić information content (AvgIpc) is 2.17. The molecule has 1 fully saturated rings. The Hall–Kier alpha value is -0.530. The maximum atomic E-state index is 11.4. The zero-order chi connectivity index (χ0) is 11.4. The highest BCUT2D eigenvalue weighted by atomic mass is 16.1. The molecule has 0 spiro atoms. The Morgan fingerprint density at radius 3 is 2.60 bits per heavy atom. The molecule has 0 bridgehead atoms. The van der Waals surface area contributed by atoms with Crippen LogP contribution in [0.3, 0.4) is 0 Å². The summed E-state index contributed by atoms with van der Waals surface area (Å²) in [5.74, 6) is 3.08. The van der Waals surface area contributed by atoms with Gasteiger partial charge in [-0.25, -0.2) is 0 Å². The fourth-order valence-electron chi connectivity index (χ4n) is 2.97. The third kappa shape index (κ3) is 3.51. The molecule has 0 radical (unpaired) electrons. The van der Waals surface area contributed by atoms with E-state index in [2.05, 4.69) is 26.1 Å². The van der Waals surface area contributed by atoms with E-state index in [-0.39, 0.29) is 5.91 Å². The third-order valence-electron chi connectivity index (χ3n) is 3.89. The topological polar surface area (TPSA) is 29.1 Å². The quantitative estimate of drug-likeness (QED) is 0.764. The highest BCUT2D eigenvalue weighted by Crippen LogP contribution is 2.39. The fraction of sp³-hybridized carbons (Fsp3) is 0.923. The van der Waals surface area contributed by atoms with Crippen molar-refractivity contribution in [1.82, 2.24) is 5.32 Å². The van der Waals surface area contributed by atoms with Crippen LogP contribution in [-0.4, -0.2) is 13.0 Å². The molecule has 1 rings (SSSR count). The van der Waals surface area contributed by atoms with Gasteiger partial charge in [0.1, 0.15) is 0 Å². The first-order chi connectivity index (χ1) is 7.04. The molecule has 15 heavy (non-hydrogen) atoms. The van der Waals surface area contributed by atoms with Gasteiger partial charge in [-0.15, -0.1) is 0 Å². The molecule has 1 aliphatic carbocycles. The van der Waals surface area contributed by atoms with Crippen molar-refractivity contribution >= 4 is 5.91 Å². The number of carbonyl (C=O) groups is 1. The van der Waals surface area contributed by atoms with Crippen LogP contribution in [0.15, 0.2) is 0 Å². The van der Waals surface area contributed by atoms with E-state index in [9.17, 15) is 4.79 Å². The van der Waals surface area contributed by atoms with E-state index in [0.717, 1.165) is 18.3 Å². The maximum Gasteiger partial charge on any atom is 0.220 e. The molecule has 1 amide bonds. The lowest BCUT2D eigenvalue weighted by Crippen LogP contribution is -2.32. The summed E-state index contributed by atoms with van der Waals surface area (Å²) in [6.07, 6.45) is 4.60. The van der Waals surface area contributed by atoms with Crippen LogP contribution >= 0.6 is 0 Å². The Morgan fingerprint density at radius 1 is 1.40 bits per heavy atom. The highest BCUT2D eigenvalue weighted by molar-refractivity contribution is 5.75. The molecule has 3 unspecified atom stereocenters. The van der Waals surface area contributed by atoms with E-state index in [1.54, 1.807) is 7.05 Å². The first-order valence-electron chi connectivity index (χ1n) is 6.25. The first-order valence-corrected chi connectivity index (χ1v) is 6.25. The minimum atomic E-state index is 0.208. The summed E-state index contributed by atoms with van der Waals surface area (Å²) in [5.41, 5.74) is 0. The zero-order valence-electron chi connectivity index (χ0n) is 10.5. The highest BCUT2D eigenvalue weighted by Gasteiger charge is 2.31. The fourth-order valence-corrected chi connectivity index (χ4v) is 2.97. The lowest BCUT2D eigenvalue weighted by molar-refractivity contribution is -0.122. The van der Waals surface area contributed by atoms with Gasteiger partial charge in [-0.05, 0) is 36.5 Å². The Balaban J connectivity index is 2.57. The minimum absolute atomic E-state index is 0.208. The molecular formula is C13H25NO. The number of hydrogen-bond donors (Lipinski definition) is 1. The molecule has 2 heteroatoms. The summed E-state index contributed by atoms with van der Waals surface area (Å²) in [6.45, 7) is 6.89. The van der Waals surface area contributed by atoms with Gasteiger partial charge in [-0.3, -0.25) is 4.79 Å². The summed E-state index contributed by atoms with van der Waals surface area (Å²) in [6, 6.07) is 0. The molecule has 0 aromatic carbocycles. The molecule has 1 aliphatic rings. The van der Waals surface area contributed by atoms with Crippen molar-refractivity contribution in [2.24, 2.45) is 23.7 Å². The summed E-state index contributed by atoms with van der Waals surface area (Å²) in [5, 5.41) is 2.75. The first kappa shape index (κ1) is 12.5. The summed E-state index contributed by atoms with van der Waals surface area (Å²) >= 11 is 0. The maximum absolute atomic E-state index is 11.4. The van der Waals surface area contributed by atoms with Gasteiger partial charge in [-0.2, -0.15) is 0 Å². The monoisotopic (exact) mass is 211 g/mol. The minimum Gasteiger partial charge on any atom is -0.359 e. The third-order valence-corrected chi connectivity index (χ3v) is 3.89. The van der Waals surface area contributed by atoms with Crippen LogP contribution in [-0.2, 0) is 4.79 Å². The van der Waals surface area contributed by atoms with Gasteiger partial charge in [0.15, 0.2) is 0 Å². The van der Waals surface area contributed by atoms with Crippen molar-refractivity contribution in [2.75, 3.05) is 7.05 Å². The number of hydrogen-bond acceptors (Lipinski definition) is 1. The Labute approximate surface area is 93.8 Å². The normalized spacial score (nSPS) is 31.7. The predicted molar refractivity (Wildman–Crippen MR) is 63.5 cm³/mol. The number of amides is 1. The van der Waals surface area contributed by atoms with Crippen molar-refractivity contribution in [2.45, 2.75) is 46.5 Å². The van der Waals surface area contributed by atoms with Crippen LogP contribution in [0.25, 0.3) is 0 Å². The van der Waals surface area contributed by atoms with Crippen LogP contribution in [0, 0.1) is 23.7 Å². The largest absolute Gasteiger partial charge is 0.359 e. The molecule has 2 nitrogen and oxygen atoms in total. The summed E-state index contributed by atoms with van der Waals surface area (Å²) in [4.78, 5) is 11.4. The van der Waals surface area contributed by atoms with Crippen molar-refractivity contribution in [3.8, 4) is 0 Å². The van der Waals surface area contributed by atoms with Gasteiger partial charge < -0.3 is 5.32 Å². The SMILES string of the molecule is CNC(=O)CC1CC(C)CCC1C(C)C.